The molecule has 0 aromatic heterocycles. The molecule has 1 atom stereocenters. The summed E-state index contributed by atoms with van der Waals surface area (Å²) in [4.78, 5) is 11.4. The van der Waals surface area contributed by atoms with Gasteiger partial charge in [-0.25, -0.2) is 0 Å². The zero-order chi connectivity index (χ0) is 8.72. The molecule has 2 rings (SSSR count). The highest BCUT2D eigenvalue weighted by atomic mass is 79.9. The monoisotopic (exact) mass is 244 g/mol. The van der Waals surface area contributed by atoms with Crippen LogP contribution in [0, 0.1) is 0 Å². The van der Waals surface area contributed by atoms with Crippen molar-refractivity contribution in [2.75, 3.05) is 0 Å². The Morgan fingerprint density at radius 1 is 1.50 bits per heavy atom. The van der Waals surface area contributed by atoms with E-state index in [0.29, 0.717) is 6.42 Å². The van der Waals surface area contributed by atoms with Crippen molar-refractivity contribution in [2.24, 2.45) is 0 Å². The normalized spacial score (nSPS) is 21.2. The number of carbonyl (C=O) groups is 1. The first-order valence-electron chi connectivity index (χ1n) is 3.65. The molecule has 1 aromatic rings. The molecule has 0 amide bonds. The van der Waals surface area contributed by atoms with Crippen LogP contribution in [0.1, 0.15) is 15.9 Å². The topological polar surface area (TPSA) is 17.1 Å². The molecule has 1 aliphatic rings. The third-order valence-electron chi connectivity index (χ3n) is 2.02. The fourth-order valence-corrected chi connectivity index (χ4v) is 2.06. The van der Waals surface area contributed by atoms with Crippen LogP contribution < -0.4 is 0 Å². The van der Waals surface area contributed by atoms with E-state index >= 15 is 0 Å². The summed E-state index contributed by atoms with van der Waals surface area (Å²) in [7, 11) is 0. The van der Waals surface area contributed by atoms with E-state index in [2.05, 4.69) is 15.9 Å². The van der Waals surface area contributed by atoms with Crippen LogP contribution >= 0.6 is 27.5 Å². The minimum absolute atomic E-state index is 0.0490. The Kier molecular flexibility index (Phi) is 1.97. The van der Waals surface area contributed by atoms with Crippen molar-refractivity contribution in [2.45, 2.75) is 11.8 Å². The second-order valence-electron chi connectivity index (χ2n) is 2.84. The van der Waals surface area contributed by atoms with E-state index in [1.54, 1.807) is 0 Å². The van der Waals surface area contributed by atoms with Gasteiger partial charge in [0.15, 0.2) is 5.78 Å². The summed E-state index contributed by atoms with van der Waals surface area (Å²) in [5, 5.41) is -0.353. The first-order valence-corrected chi connectivity index (χ1v) is 4.88. The summed E-state index contributed by atoms with van der Waals surface area (Å²) in [5.41, 5.74) is 1.83. The van der Waals surface area contributed by atoms with Gasteiger partial charge in [0, 0.05) is 10.0 Å². The lowest BCUT2D eigenvalue weighted by Gasteiger charge is -1.95. The summed E-state index contributed by atoms with van der Waals surface area (Å²) in [6.07, 6.45) is 0.670. The van der Waals surface area contributed by atoms with Crippen molar-refractivity contribution in [1.82, 2.24) is 0 Å². The fourth-order valence-electron chi connectivity index (χ4n) is 1.41. The Morgan fingerprint density at radius 2 is 2.25 bits per heavy atom. The second kappa shape index (κ2) is 2.86. The molecule has 62 valence electrons. The smallest absolute Gasteiger partial charge is 0.181 e. The predicted molar refractivity (Wildman–Crippen MR) is 51.8 cm³/mol. The Labute approximate surface area is 83.9 Å². The second-order valence-corrected chi connectivity index (χ2v) is 4.28. The summed E-state index contributed by atoms with van der Waals surface area (Å²) in [6.45, 7) is 0. The molecule has 1 aliphatic carbocycles. The van der Waals surface area contributed by atoms with Crippen LogP contribution in [0.2, 0.25) is 0 Å². The minimum Gasteiger partial charge on any atom is -0.292 e. The lowest BCUT2D eigenvalue weighted by molar-refractivity contribution is 0.0998. The van der Waals surface area contributed by atoms with Crippen LogP contribution in [0.3, 0.4) is 0 Å². The van der Waals surface area contributed by atoms with Gasteiger partial charge >= 0.3 is 0 Å². The van der Waals surface area contributed by atoms with Crippen molar-refractivity contribution in [3.05, 3.63) is 33.8 Å². The fraction of sp³-hybridized carbons (Fsp3) is 0.222. The molecule has 0 fully saturated rings. The number of halogens is 2. The zero-order valence-corrected chi connectivity index (χ0v) is 8.52. The van der Waals surface area contributed by atoms with Gasteiger partial charge in [0.25, 0.3) is 0 Å². The van der Waals surface area contributed by atoms with E-state index in [-0.39, 0.29) is 11.2 Å². The average Bonchev–Trinajstić information content (AvgIpc) is 2.31. The Hall–Kier alpha value is -0.340. The Morgan fingerprint density at radius 3 is 3.00 bits per heavy atom. The maximum absolute atomic E-state index is 11.4. The summed E-state index contributed by atoms with van der Waals surface area (Å²) < 4.78 is 0.931. The van der Waals surface area contributed by atoms with Crippen LogP contribution in [-0.2, 0) is 6.42 Å². The molecule has 1 unspecified atom stereocenters. The molecule has 1 aromatic carbocycles. The van der Waals surface area contributed by atoms with E-state index in [4.69, 9.17) is 11.6 Å². The van der Waals surface area contributed by atoms with Gasteiger partial charge in [-0.3, -0.25) is 4.79 Å². The molecule has 0 heterocycles. The third-order valence-corrected chi connectivity index (χ3v) is 2.87. The number of ketones is 1. The van der Waals surface area contributed by atoms with Gasteiger partial charge in [-0.15, -0.1) is 11.6 Å². The molecule has 0 saturated carbocycles. The lowest BCUT2D eigenvalue weighted by Crippen LogP contribution is -2.06. The van der Waals surface area contributed by atoms with Crippen LogP contribution in [-0.4, -0.2) is 11.2 Å². The Balaban J connectivity index is 2.56. The highest BCUT2D eigenvalue weighted by molar-refractivity contribution is 9.10. The predicted octanol–water partition coefficient (Wildman–Crippen LogP) is 2.80. The standard InChI is InChI=1S/C9H6BrClO/c10-6-2-1-5-3-8(11)9(12)7(5)4-6/h1-2,4,8H,3H2. The highest BCUT2D eigenvalue weighted by Crippen LogP contribution is 2.27. The molecule has 12 heavy (non-hydrogen) atoms. The number of rotatable bonds is 0. The van der Waals surface area contributed by atoms with Gasteiger partial charge in [-0.05, 0) is 24.1 Å². The van der Waals surface area contributed by atoms with Gasteiger partial charge in [0.1, 0.15) is 5.38 Å². The summed E-state index contributed by atoms with van der Waals surface area (Å²) in [6, 6.07) is 5.71. The van der Waals surface area contributed by atoms with Crippen LogP contribution in [0.15, 0.2) is 22.7 Å². The maximum Gasteiger partial charge on any atom is 0.181 e. The van der Waals surface area contributed by atoms with Gasteiger partial charge in [-0.2, -0.15) is 0 Å². The molecule has 1 nitrogen and oxygen atoms in total. The van der Waals surface area contributed by atoms with Crippen LogP contribution in [0.5, 0.6) is 0 Å². The van der Waals surface area contributed by atoms with Crippen molar-refractivity contribution in [3.8, 4) is 0 Å². The third kappa shape index (κ3) is 1.19. The van der Waals surface area contributed by atoms with E-state index < -0.39 is 0 Å². The zero-order valence-electron chi connectivity index (χ0n) is 6.18. The highest BCUT2D eigenvalue weighted by Gasteiger charge is 2.28. The number of hydrogen-bond donors (Lipinski definition) is 0. The summed E-state index contributed by atoms with van der Waals surface area (Å²) >= 11 is 9.13. The quantitative estimate of drug-likeness (QED) is 0.643. The number of carbonyl (C=O) groups excluding carboxylic acids is 1. The maximum atomic E-state index is 11.4. The minimum atomic E-state index is -0.353. The molecule has 0 aliphatic heterocycles. The average molecular weight is 246 g/mol. The summed E-state index contributed by atoms with van der Waals surface area (Å²) in [5.74, 6) is 0.0490. The first kappa shape index (κ1) is 8.27. The van der Waals surface area contributed by atoms with E-state index in [1.165, 1.54) is 0 Å². The lowest BCUT2D eigenvalue weighted by atomic mass is 10.1. The SMILES string of the molecule is O=C1c2cc(Br)ccc2CC1Cl. The van der Waals surface area contributed by atoms with Crippen molar-refractivity contribution in [1.29, 1.82) is 0 Å². The molecule has 0 N–H and O–H groups in total. The number of hydrogen-bond acceptors (Lipinski definition) is 1. The number of benzene rings is 1. The van der Waals surface area contributed by atoms with E-state index in [1.807, 2.05) is 18.2 Å². The van der Waals surface area contributed by atoms with E-state index in [0.717, 1.165) is 15.6 Å². The van der Waals surface area contributed by atoms with Crippen LogP contribution in [0.25, 0.3) is 0 Å². The number of fused-ring (bicyclic) bond motifs is 1. The molecule has 3 heteroatoms. The van der Waals surface area contributed by atoms with Gasteiger partial charge in [0.05, 0.1) is 0 Å². The molecule has 0 bridgehead atoms. The molecule has 0 saturated heterocycles. The first-order chi connectivity index (χ1) is 5.68. The number of alkyl halides is 1. The molecule has 0 spiro atoms. The van der Waals surface area contributed by atoms with Crippen LogP contribution in [0.4, 0.5) is 0 Å². The number of Topliss-reactive ketones (excluding diaryl/α,β-unsaturated/α-hetero) is 1. The molecule has 0 radical (unpaired) electrons. The van der Waals surface area contributed by atoms with Gasteiger partial charge in [0.2, 0.25) is 0 Å². The van der Waals surface area contributed by atoms with E-state index in [9.17, 15) is 4.79 Å². The molecular formula is C9H6BrClO. The van der Waals surface area contributed by atoms with Crippen molar-refractivity contribution in [3.63, 3.8) is 0 Å². The molecular weight excluding hydrogens is 239 g/mol. The Bertz CT molecular complexity index is 348. The van der Waals surface area contributed by atoms with Gasteiger partial charge in [-0.1, -0.05) is 22.0 Å². The van der Waals surface area contributed by atoms with Crippen molar-refractivity contribution >= 4 is 33.3 Å². The van der Waals surface area contributed by atoms with Gasteiger partial charge < -0.3 is 0 Å². The van der Waals surface area contributed by atoms with Crippen molar-refractivity contribution < 1.29 is 4.79 Å². The largest absolute Gasteiger partial charge is 0.292 e.